The van der Waals surface area contributed by atoms with Crippen molar-refractivity contribution in [2.75, 3.05) is 13.1 Å². The van der Waals surface area contributed by atoms with Gasteiger partial charge in [0, 0.05) is 19.0 Å². The van der Waals surface area contributed by atoms with Gasteiger partial charge in [0.2, 0.25) is 11.8 Å². The van der Waals surface area contributed by atoms with Crippen LogP contribution in [0, 0.1) is 11.3 Å². The molecule has 1 saturated carbocycles. The van der Waals surface area contributed by atoms with Gasteiger partial charge >= 0.3 is 6.09 Å². The lowest BCUT2D eigenvalue weighted by atomic mass is 9.67. The summed E-state index contributed by atoms with van der Waals surface area (Å²) in [5.74, 6) is -0.707. The number of carbonyl (C=O) groups excluding carboxylic acids is 4. The van der Waals surface area contributed by atoms with E-state index in [0.29, 0.717) is 32.2 Å². The molecular formula is C23H29N3O5. The Kier molecular flexibility index (Phi) is 6.25. The molecular weight excluding hydrogens is 398 g/mol. The Morgan fingerprint density at radius 1 is 1.29 bits per heavy atom. The largest absolute Gasteiger partial charge is 0.445 e. The summed E-state index contributed by atoms with van der Waals surface area (Å²) in [5.41, 5.74) is 0.848. The highest BCUT2D eigenvalue weighted by Gasteiger charge is 2.52. The van der Waals surface area contributed by atoms with E-state index in [9.17, 15) is 19.2 Å². The minimum Gasteiger partial charge on any atom is -0.445 e. The Labute approximate surface area is 181 Å². The number of carbonyl (C=O) groups is 4. The molecule has 8 nitrogen and oxygen atoms in total. The predicted molar refractivity (Wildman–Crippen MR) is 112 cm³/mol. The van der Waals surface area contributed by atoms with Crippen LogP contribution in [-0.2, 0) is 25.7 Å². The van der Waals surface area contributed by atoms with Gasteiger partial charge in [-0.1, -0.05) is 36.8 Å². The summed E-state index contributed by atoms with van der Waals surface area (Å²) in [4.78, 5) is 50.8. The summed E-state index contributed by atoms with van der Waals surface area (Å²) < 4.78 is 5.49. The number of amides is 3. The molecule has 2 heterocycles. The van der Waals surface area contributed by atoms with Gasteiger partial charge in [0.25, 0.3) is 0 Å². The Morgan fingerprint density at radius 3 is 2.68 bits per heavy atom. The van der Waals surface area contributed by atoms with Gasteiger partial charge in [-0.3, -0.25) is 14.5 Å². The number of aldehydes is 1. The van der Waals surface area contributed by atoms with Gasteiger partial charge in [0.05, 0.1) is 6.04 Å². The van der Waals surface area contributed by atoms with E-state index in [0.717, 1.165) is 24.8 Å². The van der Waals surface area contributed by atoms with Crippen molar-refractivity contribution in [1.82, 2.24) is 15.5 Å². The molecule has 3 fully saturated rings. The predicted octanol–water partition coefficient (Wildman–Crippen LogP) is 1.78. The summed E-state index contributed by atoms with van der Waals surface area (Å²) >= 11 is 0. The lowest BCUT2D eigenvalue weighted by Gasteiger charge is -2.37. The monoisotopic (exact) mass is 427 g/mol. The molecule has 2 saturated heterocycles. The molecule has 1 aliphatic carbocycles. The van der Waals surface area contributed by atoms with E-state index in [1.165, 1.54) is 4.90 Å². The molecule has 0 aromatic heterocycles. The molecule has 1 aromatic rings. The third-order valence-corrected chi connectivity index (χ3v) is 6.86. The Morgan fingerprint density at radius 2 is 2.06 bits per heavy atom. The summed E-state index contributed by atoms with van der Waals surface area (Å²) in [6.45, 7) is 1.23. The van der Waals surface area contributed by atoms with Crippen LogP contribution in [0.5, 0.6) is 0 Å². The average molecular weight is 428 g/mol. The van der Waals surface area contributed by atoms with Crippen LogP contribution in [0.15, 0.2) is 30.3 Å². The van der Waals surface area contributed by atoms with E-state index in [1.54, 1.807) is 0 Å². The van der Waals surface area contributed by atoms with E-state index in [2.05, 4.69) is 10.6 Å². The zero-order chi connectivity index (χ0) is 21.8. The summed E-state index contributed by atoms with van der Waals surface area (Å²) in [5, 5.41) is 5.51. The smallest absolute Gasteiger partial charge is 0.410 e. The maximum atomic E-state index is 13.1. The van der Waals surface area contributed by atoms with Gasteiger partial charge in [-0.15, -0.1) is 0 Å². The maximum absolute atomic E-state index is 13.1. The Bertz CT molecular complexity index is 839. The zero-order valence-corrected chi connectivity index (χ0v) is 17.5. The number of ether oxygens (including phenoxy) is 1. The number of benzene rings is 1. The fourth-order valence-corrected chi connectivity index (χ4v) is 4.93. The number of hydrogen-bond acceptors (Lipinski definition) is 5. The van der Waals surface area contributed by atoms with Crippen molar-refractivity contribution in [3.05, 3.63) is 35.9 Å². The summed E-state index contributed by atoms with van der Waals surface area (Å²) in [6, 6.07) is 7.99. The van der Waals surface area contributed by atoms with Gasteiger partial charge in [-0.2, -0.15) is 0 Å². The molecule has 166 valence electrons. The van der Waals surface area contributed by atoms with Gasteiger partial charge in [0.15, 0.2) is 0 Å². The van der Waals surface area contributed by atoms with Crippen molar-refractivity contribution in [3.8, 4) is 0 Å². The standard InChI is InChI=1S/C23H29N3O5/c27-13-18(11-17-7-10-24-20(17)28)25-21(29)19-12-23(8-4-9-23)15-26(19)22(30)31-14-16-5-2-1-3-6-16/h1-3,5-6,13,17-19H,4,7-12,14-15H2,(H,24,28)(H,25,29)/t17-,18-,19-/m0/s1. The second kappa shape index (κ2) is 9.08. The van der Waals surface area contributed by atoms with Crippen LogP contribution in [-0.4, -0.2) is 54.3 Å². The first-order valence-electron chi connectivity index (χ1n) is 11.0. The van der Waals surface area contributed by atoms with Crippen LogP contribution >= 0.6 is 0 Å². The number of nitrogens with one attached hydrogen (secondary N) is 2. The van der Waals surface area contributed by atoms with Crippen molar-refractivity contribution in [3.63, 3.8) is 0 Å². The molecule has 3 aliphatic rings. The van der Waals surface area contributed by atoms with Crippen molar-refractivity contribution in [2.45, 2.75) is 57.2 Å². The molecule has 3 atom stereocenters. The van der Waals surface area contributed by atoms with Crippen LogP contribution in [0.2, 0.25) is 0 Å². The summed E-state index contributed by atoms with van der Waals surface area (Å²) in [7, 11) is 0. The van der Waals surface area contributed by atoms with E-state index in [4.69, 9.17) is 4.74 Å². The van der Waals surface area contributed by atoms with E-state index in [-0.39, 0.29) is 36.2 Å². The van der Waals surface area contributed by atoms with Crippen LogP contribution in [0.25, 0.3) is 0 Å². The Hall–Kier alpha value is -2.90. The first-order valence-corrected chi connectivity index (χ1v) is 11.0. The lowest BCUT2D eigenvalue weighted by Crippen LogP contribution is -2.50. The van der Waals surface area contributed by atoms with Gasteiger partial charge in [-0.25, -0.2) is 4.79 Å². The molecule has 1 aromatic carbocycles. The first-order chi connectivity index (χ1) is 15.0. The topological polar surface area (TPSA) is 105 Å². The molecule has 0 unspecified atom stereocenters. The van der Waals surface area contributed by atoms with Crippen molar-refractivity contribution >= 4 is 24.2 Å². The third-order valence-electron chi connectivity index (χ3n) is 6.86. The van der Waals surface area contributed by atoms with Crippen molar-refractivity contribution in [2.24, 2.45) is 11.3 Å². The van der Waals surface area contributed by atoms with E-state index < -0.39 is 18.2 Å². The number of nitrogens with zero attached hydrogens (tertiary/aromatic N) is 1. The average Bonchev–Trinajstić information content (AvgIpc) is 3.36. The highest BCUT2D eigenvalue weighted by Crippen LogP contribution is 2.50. The number of hydrogen-bond donors (Lipinski definition) is 2. The minimum atomic E-state index is -0.749. The second-order valence-corrected chi connectivity index (χ2v) is 9.01. The summed E-state index contributed by atoms with van der Waals surface area (Å²) in [6.07, 6.45) is 4.74. The van der Waals surface area contributed by atoms with Crippen molar-refractivity contribution in [1.29, 1.82) is 0 Å². The number of rotatable bonds is 7. The van der Waals surface area contributed by atoms with Gasteiger partial charge in [0.1, 0.15) is 18.9 Å². The molecule has 2 N–H and O–H groups in total. The molecule has 3 amide bonds. The molecule has 31 heavy (non-hydrogen) atoms. The second-order valence-electron chi connectivity index (χ2n) is 9.01. The maximum Gasteiger partial charge on any atom is 0.410 e. The van der Waals surface area contributed by atoms with Crippen LogP contribution < -0.4 is 10.6 Å². The van der Waals surface area contributed by atoms with Crippen molar-refractivity contribution < 1.29 is 23.9 Å². The quantitative estimate of drug-likeness (QED) is 0.646. The minimum absolute atomic E-state index is 0.0320. The lowest BCUT2D eigenvalue weighted by molar-refractivity contribution is -0.129. The fraction of sp³-hybridized carbons (Fsp3) is 0.565. The van der Waals surface area contributed by atoms with Gasteiger partial charge < -0.3 is 20.2 Å². The highest BCUT2D eigenvalue weighted by atomic mass is 16.6. The molecule has 4 rings (SSSR count). The molecule has 1 spiro atoms. The first kappa shape index (κ1) is 21.3. The Balaban J connectivity index is 1.39. The molecule has 0 bridgehead atoms. The van der Waals surface area contributed by atoms with Crippen LogP contribution in [0.4, 0.5) is 4.79 Å². The highest BCUT2D eigenvalue weighted by molar-refractivity contribution is 5.88. The van der Waals surface area contributed by atoms with Crippen LogP contribution in [0.3, 0.4) is 0 Å². The normalized spacial score (nSPS) is 24.9. The van der Waals surface area contributed by atoms with Gasteiger partial charge in [-0.05, 0) is 43.1 Å². The SMILES string of the molecule is O=C[C@H](C[C@@H]1CCNC1=O)NC(=O)[C@@H]1CC2(CCC2)CN1C(=O)OCc1ccccc1. The fourth-order valence-electron chi connectivity index (χ4n) is 4.93. The van der Waals surface area contributed by atoms with Crippen LogP contribution in [0.1, 0.15) is 44.1 Å². The molecule has 0 radical (unpaired) electrons. The third kappa shape index (κ3) is 4.73. The zero-order valence-electron chi connectivity index (χ0n) is 17.5. The van der Waals surface area contributed by atoms with E-state index in [1.807, 2.05) is 30.3 Å². The molecule has 2 aliphatic heterocycles. The number of likely N-dealkylation sites (tertiary alicyclic amines) is 1. The van der Waals surface area contributed by atoms with E-state index >= 15 is 0 Å². The molecule has 8 heteroatoms.